The van der Waals surface area contributed by atoms with E-state index in [1.165, 1.54) is 0 Å². The molecule has 0 spiro atoms. The van der Waals surface area contributed by atoms with E-state index in [0.29, 0.717) is 26.1 Å². The highest BCUT2D eigenvalue weighted by Crippen LogP contribution is 2.29. The highest BCUT2D eigenvalue weighted by atomic mass is 16.5. The Morgan fingerprint density at radius 2 is 2.10 bits per heavy atom. The molecule has 5 nitrogen and oxygen atoms in total. The van der Waals surface area contributed by atoms with Crippen molar-refractivity contribution in [3.63, 3.8) is 0 Å². The fourth-order valence-corrected chi connectivity index (χ4v) is 3.26. The van der Waals surface area contributed by atoms with E-state index < -0.39 is 5.54 Å². The van der Waals surface area contributed by atoms with E-state index in [-0.39, 0.29) is 18.2 Å². The minimum absolute atomic E-state index is 0.132. The highest BCUT2D eigenvalue weighted by Gasteiger charge is 2.44. The molecule has 2 aliphatic heterocycles. The molecule has 21 heavy (non-hydrogen) atoms. The molecule has 3 atom stereocenters. The van der Waals surface area contributed by atoms with Crippen molar-refractivity contribution in [1.29, 1.82) is 0 Å². The summed E-state index contributed by atoms with van der Waals surface area (Å²) in [5, 5.41) is 3.47. The second kappa shape index (κ2) is 8.11. The second-order valence-electron chi connectivity index (χ2n) is 6.05. The van der Waals surface area contributed by atoms with Crippen LogP contribution in [0.2, 0.25) is 0 Å². The zero-order chi connectivity index (χ0) is 15.1. The number of hydrogen-bond acceptors (Lipinski definition) is 5. The van der Waals surface area contributed by atoms with Gasteiger partial charge in [0, 0.05) is 26.2 Å². The van der Waals surface area contributed by atoms with Gasteiger partial charge in [-0.25, -0.2) is 0 Å². The van der Waals surface area contributed by atoms with Gasteiger partial charge < -0.3 is 14.2 Å². The van der Waals surface area contributed by atoms with Crippen LogP contribution in [0.15, 0.2) is 0 Å². The van der Waals surface area contributed by atoms with Crippen molar-refractivity contribution in [3.8, 4) is 0 Å². The molecule has 5 heteroatoms. The fourth-order valence-electron chi connectivity index (χ4n) is 3.26. The SMILES string of the molecule is CCCC1CC(NCC2CCCO2)(C(=O)OCC)CCO1. The van der Waals surface area contributed by atoms with E-state index in [2.05, 4.69) is 12.2 Å². The molecule has 0 bridgehead atoms. The molecule has 0 aromatic carbocycles. The van der Waals surface area contributed by atoms with Gasteiger partial charge in [-0.15, -0.1) is 0 Å². The van der Waals surface area contributed by atoms with Gasteiger partial charge in [0.2, 0.25) is 0 Å². The van der Waals surface area contributed by atoms with Crippen LogP contribution >= 0.6 is 0 Å². The van der Waals surface area contributed by atoms with Gasteiger partial charge in [-0.2, -0.15) is 0 Å². The first-order chi connectivity index (χ1) is 10.2. The molecule has 2 saturated heterocycles. The molecule has 1 N–H and O–H groups in total. The van der Waals surface area contributed by atoms with E-state index in [4.69, 9.17) is 14.2 Å². The monoisotopic (exact) mass is 299 g/mol. The molecule has 2 rings (SSSR count). The summed E-state index contributed by atoms with van der Waals surface area (Å²) in [6, 6.07) is 0. The molecule has 2 aliphatic rings. The van der Waals surface area contributed by atoms with Crippen LogP contribution in [0.1, 0.15) is 52.4 Å². The lowest BCUT2D eigenvalue weighted by molar-refractivity contribution is -0.159. The summed E-state index contributed by atoms with van der Waals surface area (Å²) in [6.07, 6.45) is 5.98. The van der Waals surface area contributed by atoms with Crippen molar-refractivity contribution in [3.05, 3.63) is 0 Å². The van der Waals surface area contributed by atoms with Crippen molar-refractivity contribution >= 4 is 5.97 Å². The van der Waals surface area contributed by atoms with Gasteiger partial charge in [0.1, 0.15) is 5.54 Å². The maximum atomic E-state index is 12.5. The number of carbonyl (C=O) groups is 1. The van der Waals surface area contributed by atoms with Crippen molar-refractivity contribution < 1.29 is 19.0 Å². The van der Waals surface area contributed by atoms with Gasteiger partial charge in [-0.1, -0.05) is 13.3 Å². The van der Waals surface area contributed by atoms with Crippen LogP contribution in [0.25, 0.3) is 0 Å². The third-order valence-corrected chi connectivity index (χ3v) is 4.43. The van der Waals surface area contributed by atoms with Crippen molar-refractivity contribution in [1.82, 2.24) is 5.32 Å². The van der Waals surface area contributed by atoms with E-state index >= 15 is 0 Å². The van der Waals surface area contributed by atoms with Crippen LogP contribution in [-0.2, 0) is 19.0 Å². The zero-order valence-corrected chi connectivity index (χ0v) is 13.4. The lowest BCUT2D eigenvalue weighted by atomic mass is 9.85. The topological polar surface area (TPSA) is 56.8 Å². The second-order valence-corrected chi connectivity index (χ2v) is 6.05. The van der Waals surface area contributed by atoms with E-state index in [1.807, 2.05) is 6.92 Å². The van der Waals surface area contributed by atoms with Crippen LogP contribution in [0.4, 0.5) is 0 Å². The number of nitrogens with one attached hydrogen (secondary N) is 1. The third kappa shape index (κ3) is 4.41. The van der Waals surface area contributed by atoms with Gasteiger partial charge in [0.15, 0.2) is 0 Å². The Morgan fingerprint density at radius 1 is 1.29 bits per heavy atom. The Labute approximate surface area is 127 Å². The molecule has 2 heterocycles. The maximum Gasteiger partial charge on any atom is 0.326 e. The molecule has 0 aliphatic carbocycles. The van der Waals surface area contributed by atoms with Gasteiger partial charge in [-0.3, -0.25) is 10.1 Å². The van der Waals surface area contributed by atoms with Crippen LogP contribution in [-0.4, -0.2) is 50.1 Å². The molecular weight excluding hydrogens is 270 g/mol. The lowest BCUT2D eigenvalue weighted by Crippen LogP contribution is -2.59. The summed E-state index contributed by atoms with van der Waals surface area (Å²) in [6.45, 7) is 6.58. The fraction of sp³-hybridized carbons (Fsp3) is 0.938. The number of esters is 1. The number of carbonyl (C=O) groups excluding carboxylic acids is 1. The van der Waals surface area contributed by atoms with Gasteiger partial charge in [0.05, 0.1) is 18.8 Å². The Bertz CT molecular complexity index is 328. The number of hydrogen-bond donors (Lipinski definition) is 1. The smallest absolute Gasteiger partial charge is 0.326 e. The van der Waals surface area contributed by atoms with Crippen LogP contribution in [0.5, 0.6) is 0 Å². The predicted octanol–water partition coefficient (Wildman–Crippen LogP) is 2.04. The summed E-state index contributed by atoms with van der Waals surface area (Å²) in [5.41, 5.74) is -0.597. The van der Waals surface area contributed by atoms with Gasteiger partial charge in [0.25, 0.3) is 0 Å². The maximum absolute atomic E-state index is 12.5. The summed E-state index contributed by atoms with van der Waals surface area (Å²) >= 11 is 0. The van der Waals surface area contributed by atoms with Crippen molar-refractivity contribution in [2.24, 2.45) is 0 Å². The van der Waals surface area contributed by atoms with E-state index in [9.17, 15) is 4.79 Å². The summed E-state index contributed by atoms with van der Waals surface area (Å²) in [7, 11) is 0. The Balaban J connectivity index is 2.00. The number of rotatable bonds is 7. The minimum atomic E-state index is -0.597. The normalized spacial score (nSPS) is 33.0. The Morgan fingerprint density at radius 3 is 2.76 bits per heavy atom. The largest absolute Gasteiger partial charge is 0.465 e. The number of ether oxygens (including phenoxy) is 3. The third-order valence-electron chi connectivity index (χ3n) is 4.43. The van der Waals surface area contributed by atoms with Crippen molar-refractivity contribution in [2.45, 2.75) is 70.1 Å². The highest BCUT2D eigenvalue weighted by molar-refractivity contribution is 5.81. The molecule has 0 amide bonds. The average Bonchev–Trinajstić information content (AvgIpc) is 2.99. The molecule has 2 fully saturated rings. The first-order valence-corrected chi connectivity index (χ1v) is 8.35. The standard InChI is InChI=1S/C16H29NO4/c1-3-6-13-11-16(8-10-21-13,15(18)19-4-2)17-12-14-7-5-9-20-14/h13-14,17H,3-12H2,1-2H3. The first-order valence-electron chi connectivity index (χ1n) is 8.35. The molecule has 0 aromatic heterocycles. The van der Waals surface area contributed by atoms with Gasteiger partial charge in [-0.05, 0) is 32.6 Å². The Hall–Kier alpha value is -0.650. The molecule has 3 unspecified atom stereocenters. The van der Waals surface area contributed by atoms with E-state index in [1.54, 1.807) is 0 Å². The molecule has 0 aromatic rings. The molecule has 0 saturated carbocycles. The predicted molar refractivity (Wildman–Crippen MR) is 80.2 cm³/mol. The van der Waals surface area contributed by atoms with E-state index in [0.717, 1.165) is 38.8 Å². The molecule has 122 valence electrons. The zero-order valence-electron chi connectivity index (χ0n) is 13.4. The van der Waals surface area contributed by atoms with Crippen LogP contribution < -0.4 is 5.32 Å². The molecular formula is C16H29NO4. The Kier molecular flexibility index (Phi) is 6.45. The minimum Gasteiger partial charge on any atom is -0.465 e. The lowest BCUT2D eigenvalue weighted by Gasteiger charge is -2.40. The summed E-state index contributed by atoms with van der Waals surface area (Å²) in [4.78, 5) is 12.5. The molecule has 0 radical (unpaired) electrons. The van der Waals surface area contributed by atoms with Crippen LogP contribution in [0, 0.1) is 0 Å². The van der Waals surface area contributed by atoms with Crippen molar-refractivity contribution in [2.75, 3.05) is 26.4 Å². The van der Waals surface area contributed by atoms with Gasteiger partial charge >= 0.3 is 5.97 Å². The summed E-state index contributed by atoms with van der Waals surface area (Å²) < 4.78 is 16.8. The average molecular weight is 299 g/mol. The van der Waals surface area contributed by atoms with Crippen LogP contribution in [0.3, 0.4) is 0 Å². The quantitative estimate of drug-likeness (QED) is 0.729. The summed E-state index contributed by atoms with van der Waals surface area (Å²) in [5.74, 6) is -0.132. The first kappa shape index (κ1) is 16.7.